The number of carboxylic acid groups (broad SMARTS) is 1. The van der Waals surface area contributed by atoms with E-state index in [4.69, 9.17) is 5.11 Å². The number of hydrogen-bond donors (Lipinski definition) is 1. The summed E-state index contributed by atoms with van der Waals surface area (Å²) in [6.45, 7) is 0.182. The average Bonchev–Trinajstić information content (AvgIpc) is 2.82. The molecule has 0 aromatic carbocycles. The van der Waals surface area contributed by atoms with Crippen molar-refractivity contribution in [2.45, 2.75) is 13.0 Å². The number of nitrogens with zero attached hydrogens (tertiary/aromatic N) is 3. The maximum absolute atomic E-state index is 11.6. The summed E-state index contributed by atoms with van der Waals surface area (Å²) in [5.41, 5.74) is 1.53. The van der Waals surface area contributed by atoms with Gasteiger partial charge in [0.25, 0.3) is 0 Å². The summed E-state index contributed by atoms with van der Waals surface area (Å²) in [4.78, 5) is 22.0. The van der Waals surface area contributed by atoms with E-state index in [1.165, 1.54) is 4.57 Å². The van der Waals surface area contributed by atoms with Crippen molar-refractivity contribution in [1.82, 2.24) is 14.3 Å². The Morgan fingerprint density at radius 3 is 2.94 bits per heavy atom. The van der Waals surface area contributed by atoms with E-state index in [0.717, 1.165) is 16.9 Å². The SMILES string of the molecule is Cn1cc(-c2csc(=O)n2CCC(=O)O)cn1. The number of rotatable bonds is 4. The summed E-state index contributed by atoms with van der Waals surface area (Å²) in [5, 5.41) is 14.4. The van der Waals surface area contributed by atoms with Crippen LogP contribution in [0.2, 0.25) is 0 Å². The molecule has 0 saturated carbocycles. The Bertz CT molecular complexity index is 596. The minimum absolute atomic E-state index is 0.0656. The van der Waals surface area contributed by atoms with Gasteiger partial charge >= 0.3 is 10.8 Å². The molecule has 2 heterocycles. The molecule has 0 unspecified atom stereocenters. The summed E-state index contributed by atoms with van der Waals surface area (Å²) in [6.07, 6.45) is 3.38. The quantitative estimate of drug-likeness (QED) is 0.873. The van der Waals surface area contributed by atoms with Crippen molar-refractivity contribution in [3.05, 3.63) is 27.4 Å². The number of thiazole rings is 1. The van der Waals surface area contributed by atoms with Gasteiger partial charge in [-0.3, -0.25) is 18.8 Å². The van der Waals surface area contributed by atoms with Crippen LogP contribution in [-0.2, 0) is 18.4 Å². The van der Waals surface area contributed by atoms with Crippen LogP contribution in [0.3, 0.4) is 0 Å². The second-order valence-corrected chi connectivity index (χ2v) is 4.41. The van der Waals surface area contributed by atoms with Crippen LogP contribution < -0.4 is 4.87 Å². The standard InChI is InChI=1S/C10H11N3O3S/c1-12-5-7(4-11-12)8-6-17-10(16)13(8)3-2-9(14)15/h4-6H,2-3H2,1H3,(H,14,15). The lowest BCUT2D eigenvalue weighted by molar-refractivity contribution is -0.137. The predicted molar refractivity (Wildman–Crippen MR) is 63.0 cm³/mol. The maximum atomic E-state index is 11.6. The van der Waals surface area contributed by atoms with Crippen molar-refractivity contribution in [3.63, 3.8) is 0 Å². The molecule has 1 N–H and O–H groups in total. The molecule has 0 aliphatic heterocycles. The van der Waals surface area contributed by atoms with Gasteiger partial charge in [-0.15, -0.1) is 0 Å². The van der Waals surface area contributed by atoms with Crippen molar-refractivity contribution in [3.8, 4) is 11.3 Å². The minimum atomic E-state index is -0.916. The molecular formula is C10H11N3O3S. The topological polar surface area (TPSA) is 77.1 Å². The van der Waals surface area contributed by atoms with Crippen molar-refractivity contribution in [2.75, 3.05) is 0 Å². The fraction of sp³-hybridized carbons (Fsp3) is 0.300. The summed E-state index contributed by atoms with van der Waals surface area (Å²) in [5.74, 6) is -0.916. The lowest BCUT2D eigenvalue weighted by Gasteiger charge is -2.03. The van der Waals surface area contributed by atoms with Gasteiger partial charge in [0.2, 0.25) is 0 Å². The van der Waals surface area contributed by atoms with Gasteiger partial charge < -0.3 is 5.11 Å². The highest BCUT2D eigenvalue weighted by atomic mass is 32.1. The highest BCUT2D eigenvalue weighted by Gasteiger charge is 2.11. The van der Waals surface area contributed by atoms with E-state index < -0.39 is 5.97 Å². The first-order valence-corrected chi connectivity index (χ1v) is 5.85. The van der Waals surface area contributed by atoms with Crippen LogP contribution in [0.25, 0.3) is 11.3 Å². The smallest absolute Gasteiger partial charge is 0.307 e. The van der Waals surface area contributed by atoms with E-state index in [1.54, 1.807) is 29.5 Å². The number of carboxylic acids is 1. The van der Waals surface area contributed by atoms with Crippen LogP contribution in [0.1, 0.15) is 6.42 Å². The van der Waals surface area contributed by atoms with E-state index in [9.17, 15) is 9.59 Å². The van der Waals surface area contributed by atoms with Crippen LogP contribution in [0.4, 0.5) is 0 Å². The van der Waals surface area contributed by atoms with Crippen molar-refractivity contribution >= 4 is 17.3 Å². The number of aliphatic carboxylic acids is 1. The van der Waals surface area contributed by atoms with Crippen molar-refractivity contribution < 1.29 is 9.90 Å². The number of carbonyl (C=O) groups is 1. The van der Waals surface area contributed by atoms with Crippen LogP contribution in [-0.4, -0.2) is 25.4 Å². The second-order valence-electron chi connectivity index (χ2n) is 3.58. The molecule has 0 atom stereocenters. The Hall–Kier alpha value is -1.89. The summed E-state index contributed by atoms with van der Waals surface area (Å²) < 4.78 is 3.11. The Labute approximate surface area is 101 Å². The van der Waals surface area contributed by atoms with Gasteiger partial charge in [-0.05, 0) is 0 Å². The Morgan fingerprint density at radius 1 is 1.59 bits per heavy atom. The van der Waals surface area contributed by atoms with Gasteiger partial charge in [-0.1, -0.05) is 11.3 Å². The summed E-state index contributed by atoms with van der Waals surface area (Å²) >= 11 is 1.06. The van der Waals surface area contributed by atoms with Crippen LogP contribution in [0, 0.1) is 0 Å². The first-order chi connectivity index (χ1) is 8.08. The molecule has 0 fully saturated rings. The zero-order valence-corrected chi connectivity index (χ0v) is 9.98. The van der Waals surface area contributed by atoms with Gasteiger partial charge in [0.05, 0.1) is 18.3 Å². The molecule has 2 aromatic rings. The van der Waals surface area contributed by atoms with Crippen LogP contribution >= 0.6 is 11.3 Å². The lowest BCUT2D eigenvalue weighted by Crippen LogP contribution is -2.16. The van der Waals surface area contributed by atoms with E-state index in [0.29, 0.717) is 5.69 Å². The Kier molecular flexibility index (Phi) is 3.10. The van der Waals surface area contributed by atoms with E-state index in [1.807, 2.05) is 0 Å². The molecule has 17 heavy (non-hydrogen) atoms. The molecule has 2 rings (SSSR count). The molecule has 0 amide bonds. The van der Waals surface area contributed by atoms with Gasteiger partial charge in [0, 0.05) is 30.7 Å². The monoisotopic (exact) mass is 253 g/mol. The number of hydrogen-bond acceptors (Lipinski definition) is 4. The first kappa shape index (κ1) is 11.6. The molecule has 90 valence electrons. The maximum Gasteiger partial charge on any atom is 0.307 e. The normalized spacial score (nSPS) is 10.6. The molecule has 0 aliphatic carbocycles. The molecule has 0 aliphatic rings. The predicted octanol–water partition coefficient (Wildman–Crippen LogP) is 0.785. The van der Waals surface area contributed by atoms with Crippen LogP contribution in [0.15, 0.2) is 22.6 Å². The highest BCUT2D eigenvalue weighted by molar-refractivity contribution is 7.07. The Morgan fingerprint density at radius 2 is 2.35 bits per heavy atom. The highest BCUT2D eigenvalue weighted by Crippen LogP contribution is 2.19. The molecule has 2 aromatic heterocycles. The van der Waals surface area contributed by atoms with E-state index in [2.05, 4.69) is 5.10 Å². The van der Waals surface area contributed by atoms with Gasteiger partial charge in [-0.25, -0.2) is 0 Å². The number of aromatic nitrogens is 3. The molecule has 0 spiro atoms. The largest absolute Gasteiger partial charge is 0.481 e. The molecule has 0 bridgehead atoms. The lowest BCUT2D eigenvalue weighted by atomic mass is 10.3. The van der Waals surface area contributed by atoms with Gasteiger partial charge in [0.1, 0.15) is 0 Å². The summed E-state index contributed by atoms with van der Waals surface area (Å²) in [7, 11) is 1.79. The van der Waals surface area contributed by atoms with E-state index >= 15 is 0 Å². The van der Waals surface area contributed by atoms with Gasteiger partial charge in [0.15, 0.2) is 0 Å². The molecule has 0 saturated heterocycles. The fourth-order valence-electron chi connectivity index (χ4n) is 1.53. The second kappa shape index (κ2) is 4.54. The van der Waals surface area contributed by atoms with E-state index in [-0.39, 0.29) is 17.8 Å². The third-order valence-corrected chi connectivity index (χ3v) is 3.10. The number of aryl methyl sites for hydroxylation is 1. The summed E-state index contributed by atoms with van der Waals surface area (Å²) in [6, 6.07) is 0. The third kappa shape index (κ3) is 2.44. The Balaban J connectivity index is 2.35. The fourth-order valence-corrected chi connectivity index (χ4v) is 2.32. The zero-order valence-electron chi connectivity index (χ0n) is 9.16. The minimum Gasteiger partial charge on any atom is -0.481 e. The molecular weight excluding hydrogens is 242 g/mol. The average molecular weight is 253 g/mol. The first-order valence-electron chi connectivity index (χ1n) is 4.97. The molecule has 7 heteroatoms. The van der Waals surface area contributed by atoms with Crippen molar-refractivity contribution in [1.29, 1.82) is 0 Å². The molecule has 0 radical (unpaired) electrons. The zero-order chi connectivity index (χ0) is 12.4. The molecule has 6 nitrogen and oxygen atoms in total. The van der Waals surface area contributed by atoms with Gasteiger partial charge in [-0.2, -0.15) is 5.10 Å². The third-order valence-electron chi connectivity index (χ3n) is 2.33. The van der Waals surface area contributed by atoms with Crippen LogP contribution in [0.5, 0.6) is 0 Å². The van der Waals surface area contributed by atoms with Crippen molar-refractivity contribution in [2.24, 2.45) is 7.05 Å².